The first-order chi connectivity index (χ1) is 10.0. The van der Waals surface area contributed by atoms with Crippen LogP contribution in [-0.4, -0.2) is 42.7 Å². The van der Waals surface area contributed by atoms with E-state index >= 15 is 0 Å². The summed E-state index contributed by atoms with van der Waals surface area (Å²) in [6.45, 7) is -2.83. The maximum atomic E-state index is 13.4. The van der Waals surface area contributed by atoms with Gasteiger partial charge in [0.15, 0.2) is 6.61 Å². The number of phenols is 1. The Bertz CT molecular complexity index is 475. The van der Waals surface area contributed by atoms with Crippen LogP contribution in [0, 0.1) is 0 Å². The van der Waals surface area contributed by atoms with Gasteiger partial charge in [-0.05, 0) is 31.2 Å². The predicted octanol–water partition coefficient (Wildman–Crippen LogP) is 3.71. The fourth-order valence-electron chi connectivity index (χ4n) is 1.40. The Hall–Kier alpha value is -1.64. The molecule has 3 nitrogen and oxygen atoms in total. The van der Waals surface area contributed by atoms with E-state index in [2.05, 4.69) is 9.47 Å². The van der Waals surface area contributed by atoms with Gasteiger partial charge >= 0.3 is 17.8 Å². The van der Waals surface area contributed by atoms with E-state index < -0.39 is 31.0 Å². The summed E-state index contributed by atoms with van der Waals surface area (Å²) in [5.41, 5.74) is 0. The lowest BCUT2D eigenvalue weighted by atomic mass is 10.1. The Morgan fingerprint density at radius 3 is 1.91 bits per heavy atom. The van der Waals surface area contributed by atoms with E-state index in [0.29, 0.717) is 0 Å². The van der Waals surface area contributed by atoms with Gasteiger partial charge in [0, 0.05) is 6.61 Å². The third-order valence-electron chi connectivity index (χ3n) is 2.66. The average Bonchev–Trinajstić information content (AvgIpc) is 2.44. The molecule has 1 rings (SSSR count). The number of alkyl halides is 6. The number of rotatable bonds is 8. The summed E-state index contributed by atoms with van der Waals surface area (Å²) in [5.74, 6) is -16.3. The molecule has 0 radical (unpaired) electrons. The highest BCUT2D eigenvalue weighted by atomic mass is 19.3. The van der Waals surface area contributed by atoms with E-state index in [0.717, 1.165) is 24.3 Å². The SMILES string of the molecule is CCOCC(F)(F)C(F)(F)C(F)(F)COc1ccc(O)cc1. The van der Waals surface area contributed by atoms with Crippen molar-refractivity contribution < 1.29 is 40.9 Å². The zero-order chi connectivity index (χ0) is 17.0. The van der Waals surface area contributed by atoms with Crippen molar-refractivity contribution in [3.63, 3.8) is 0 Å². The highest BCUT2D eigenvalue weighted by Gasteiger charge is 2.71. The van der Waals surface area contributed by atoms with Crippen LogP contribution in [0.2, 0.25) is 0 Å². The fraction of sp³-hybridized carbons (Fsp3) is 0.538. The van der Waals surface area contributed by atoms with Crippen LogP contribution < -0.4 is 4.74 Å². The monoisotopic (exact) mass is 332 g/mol. The molecule has 1 aromatic carbocycles. The number of benzene rings is 1. The Balaban J connectivity index is 2.79. The third-order valence-corrected chi connectivity index (χ3v) is 2.66. The second-order valence-electron chi connectivity index (χ2n) is 4.40. The maximum Gasteiger partial charge on any atom is 0.377 e. The van der Waals surface area contributed by atoms with Crippen molar-refractivity contribution in [2.75, 3.05) is 19.8 Å². The van der Waals surface area contributed by atoms with Crippen LogP contribution in [0.1, 0.15) is 6.92 Å². The molecule has 0 spiro atoms. The lowest BCUT2D eigenvalue weighted by Gasteiger charge is -2.32. The molecule has 1 N–H and O–H groups in total. The van der Waals surface area contributed by atoms with Gasteiger partial charge in [-0.1, -0.05) is 0 Å². The van der Waals surface area contributed by atoms with Gasteiger partial charge < -0.3 is 14.6 Å². The molecule has 126 valence electrons. The van der Waals surface area contributed by atoms with Gasteiger partial charge in [-0.2, -0.15) is 26.3 Å². The van der Waals surface area contributed by atoms with Crippen LogP contribution in [0.25, 0.3) is 0 Å². The third kappa shape index (κ3) is 3.96. The molecule has 0 aliphatic carbocycles. The first-order valence-electron chi connectivity index (χ1n) is 6.16. The first kappa shape index (κ1) is 18.4. The minimum Gasteiger partial charge on any atom is -0.508 e. The van der Waals surface area contributed by atoms with Crippen LogP contribution in [-0.2, 0) is 4.74 Å². The normalized spacial score (nSPS) is 13.2. The molecular formula is C13H14F6O3. The molecule has 0 saturated carbocycles. The molecule has 0 aliphatic rings. The average molecular weight is 332 g/mol. The van der Waals surface area contributed by atoms with Crippen molar-refractivity contribution in [2.45, 2.75) is 24.7 Å². The molecule has 0 heterocycles. The van der Waals surface area contributed by atoms with Crippen LogP contribution >= 0.6 is 0 Å². The molecule has 9 heteroatoms. The molecule has 0 unspecified atom stereocenters. The fourth-order valence-corrected chi connectivity index (χ4v) is 1.40. The summed E-state index contributed by atoms with van der Waals surface area (Å²) >= 11 is 0. The van der Waals surface area contributed by atoms with Gasteiger partial charge in [0.05, 0.1) is 0 Å². The van der Waals surface area contributed by atoms with Gasteiger partial charge in [-0.3, -0.25) is 0 Å². The van der Waals surface area contributed by atoms with Crippen LogP contribution in [0.4, 0.5) is 26.3 Å². The molecule has 0 aromatic heterocycles. The van der Waals surface area contributed by atoms with Crippen molar-refractivity contribution in [1.29, 1.82) is 0 Å². The summed E-state index contributed by atoms with van der Waals surface area (Å²) in [4.78, 5) is 0. The van der Waals surface area contributed by atoms with Gasteiger partial charge in [-0.25, -0.2) is 0 Å². The molecule has 0 saturated heterocycles. The van der Waals surface area contributed by atoms with Gasteiger partial charge in [0.1, 0.15) is 18.1 Å². The second-order valence-corrected chi connectivity index (χ2v) is 4.40. The molecule has 0 bridgehead atoms. The predicted molar refractivity (Wildman–Crippen MR) is 64.9 cm³/mol. The molecule has 0 atom stereocenters. The van der Waals surface area contributed by atoms with Crippen molar-refractivity contribution in [2.24, 2.45) is 0 Å². The second kappa shape index (κ2) is 6.64. The number of aromatic hydroxyl groups is 1. The number of hydrogen-bond acceptors (Lipinski definition) is 3. The zero-order valence-corrected chi connectivity index (χ0v) is 11.5. The largest absolute Gasteiger partial charge is 0.508 e. The van der Waals surface area contributed by atoms with E-state index in [1.165, 1.54) is 6.92 Å². The Morgan fingerprint density at radius 2 is 1.41 bits per heavy atom. The smallest absolute Gasteiger partial charge is 0.377 e. The Labute approximate surface area is 122 Å². The lowest BCUT2D eigenvalue weighted by molar-refractivity contribution is -0.324. The number of ether oxygens (including phenoxy) is 2. The van der Waals surface area contributed by atoms with E-state index in [-0.39, 0.29) is 18.1 Å². The highest BCUT2D eigenvalue weighted by Crippen LogP contribution is 2.46. The van der Waals surface area contributed by atoms with Crippen LogP contribution in [0.3, 0.4) is 0 Å². The lowest BCUT2D eigenvalue weighted by Crippen LogP contribution is -2.58. The number of hydrogen-bond donors (Lipinski definition) is 1. The molecule has 1 aromatic rings. The summed E-state index contributed by atoms with van der Waals surface area (Å²) in [7, 11) is 0. The van der Waals surface area contributed by atoms with Crippen molar-refractivity contribution in [3.8, 4) is 11.5 Å². The first-order valence-corrected chi connectivity index (χ1v) is 6.16. The summed E-state index contributed by atoms with van der Waals surface area (Å²) in [6, 6.07) is 4.19. The topological polar surface area (TPSA) is 38.7 Å². The zero-order valence-electron chi connectivity index (χ0n) is 11.5. The quantitative estimate of drug-likeness (QED) is 0.738. The van der Waals surface area contributed by atoms with Crippen LogP contribution in [0.5, 0.6) is 11.5 Å². The minimum atomic E-state index is -5.65. The van der Waals surface area contributed by atoms with Gasteiger partial charge in [0.2, 0.25) is 0 Å². The van der Waals surface area contributed by atoms with Crippen molar-refractivity contribution in [1.82, 2.24) is 0 Å². The Kier molecular flexibility index (Phi) is 5.55. The standard InChI is InChI=1S/C13H14F6O3/c1-2-21-7-11(14,15)13(18,19)12(16,17)8-22-10-5-3-9(20)4-6-10/h3-6,20H,2,7-8H2,1H3. The van der Waals surface area contributed by atoms with E-state index in [4.69, 9.17) is 5.11 Å². The Morgan fingerprint density at radius 1 is 0.909 bits per heavy atom. The van der Waals surface area contributed by atoms with Crippen molar-refractivity contribution in [3.05, 3.63) is 24.3 Å². The number of halogens is 6. The van der Waals surface area contributed by atoms with E-state index in [1.807, 2.05) is 0 Å². The molecule has 0 fully saturated rings. The molecule has 22 heavy (non-hydrogen) atoms. The van der Waals surface area contributed by atoms with Gasteiger partial charge in [-0.15, -0.1) is 0 Å². The van der Waals surface area contributed by atoms with Crippen molar-refractivity contribution >= 4 is 0 Å². The minimum absolute atomic E-state index is 0.201. The maximum absolute atomic E-state index is 13.4. The number of phenolic OH excluding ortho intramolecular Hbond substituents is 1. The van der Waals surface area contributed by atoms with E-state index in [9.17, 15) is 26.3 Å². The molecule has 0 aliphatic heterocycles. The summed E-state index contributed by atoms with van der Waals surface area (Å²) in [5, 5.41) is 8.97. The van der Waals surface area contributed by atoms with Gasteiger partial charge in [0.25, 0.3) is 0 Å². The summed E-state index contributed by atoms with van der Waals surface area (Å²) in [6.07, 6.45) is 0. The molecular weight excluding hydrogens is 318 g/mol. The molecule has 0 amide bonds. The van der Waals surface area contributed by atoms with Crippen LogP contribution in [0.15, 0.2) is 24.3 Å². The highest BCUT2D eigenvalue weighted by molar-refractivity contribution is 5.30. The summed E-state index contributed by atoms with van der Waals surface area (Å²) < 4.78 is 88.6. The van der Waals surface area contributed by atoms with E-state index in [1.54, 1.807) is 0 Å².